The fourth-order valence-electron chi connectivity index (χ4n) is 6.76. The van der Waals surface area contributed by atoms with E-state index < -0.39 is 0 Å². The minimum atomic E-state index is 0.641. The lowest BCUT2D eigenvalue weighted by Gasteiger charge is -2.10. The van der Waals surface area contributed by atoms with Crippen molar-refractivity contribution in [2.24, 2.45) is 0 Å². The van der Waals surface area contributed by atoms with Gasteiger partial charge in [0.25, 0.3) is 0 Å². The Labute approximate surface area is 284 Å². The van der Waals surface area contributed by atoms with Crippen LogP contribution >= 0.6 is 0 Å². The third-order valence-electron chi connectivity index (χ3n) is 9.16. The van der Waals surface area contributed by atoms with E-state index >= 15 is 0 Å². The fraction of sp³-hybridized carbons (Fsp3) is 0. The predicted octanol–water partition coefficient (Wildman–Crippen LogP) is 11.3. The average molecular weight is 627 g/mol. The highest BCUT2D eigenvalue weighted by molar-refractivity contribution is 6.09. The molecule has 49 heavy (non-hydrogen) atoms. The molecule has 9 aromatic rings. The molecule has 0 amide bonds. The van der Waals surface area contributed by atoms with Crippen LogP contribution in [0.1, 0.15) is 0 Å². The van der Waals surface area contributed by atoms with Gasteiger partial charge in [-0.1, -0.05) is 140 Å². The van der Waals surface area contributed by atoms with E-state index in [2.05, 4.69) is 190 Å². The lowest BCUT2D eigenvalue weighted by atomic mass is 9.96. The monoisotopic (exact) mass is 626 g/mol. The molecule has 0 aliphatic carbocycles. The summed E-state index contributed by atoms with van der Waals surface area (Å²) in [6.07, 6.45) is 1.60. The zero-order valence-corrected chi connectivity index (χ0v) is 26.6. The van der Waals surface area contributed by atoms with Crippen LogP contribution in [0.5, 0.6) is 0 Å². The smallest absolute Gasteiger partial charge is 0.163 e. The van der Waals surface area contributed by atoms with Gasteiger partial charge in [-0.25, -0.2) is 15.0 Å². The average Bonchev–Trinajstić information content (AvgIpc) is 3.53. The van der Waals surface area contributed by atoms with Crippen molar-refractivity contribution in [1.29, 1.82) is 0 Å². The molecule has 230 valence electrons. The summed E-state index contributed by atoms with van der Waals surface area (Å²) >= 11 is 0. The van der Waals surface area contributed by atoms with Crippen molar-refractivity contribution in [2.45, 2.75) is 0 Å². The van der Waals surface area contributed by atoms with E-state index in [1.165, 1.54) is 44.1 Å². The maximum atomic E-state index is 4.92. The predicted molar refractivity (Wildman–Crippen MR) is 201 cm³/mol. The van der Waals surface area contributed by atoms with Crippen molar-refractivity contribution in [1.82, 2.24) is 19.5 Å². The molecular formula is C45H30N4. The third kappa shape index (κ3) is 5.35. The molecule has 0 unspecified atom stereocenters. The Morgan fingerprint density at radius 2 is 0.776 bits per heavy atom. The maximum absolute atomic E-state index is 4.92. The molecule has 0 aliphatic heterocycles. The van der Waals surface area contributed by atoms with E-state index in [1.54, 1.807) is 6.33 Å². The van der Waals surface area contributed by atoms with Gasteiger partial charge in [0.15, 0.2) is 11.6 Å². The lowest BCUT2D eigenvalue weighted by Crippen LogP contribution is -1.97. The summed E-state index contributed by atoms with van der Waals surface area (Å²) in [4.78, 5) is 14.0. The van der Waals surface area contributed by atoms with Crippen LogP contribution in [0.4, 0.5) is 0 Å². The minimum absolute atomic E-state index is 0.641. The Morgan fingerprint density at radius 3 is 1.41 bits per heavy atom. The number of nitrogens with zero attached hydrogens (tertiary/aromatic N) is 4. The Kier molecular flexibility index (Phi) is 7.10. The van der Waals surface area contributed by atoms with Gasteiger partial charge in [-0.05, 0) is 69.8 Å². The van der Waals surface area contributed by atoms with Gasteiger partial charge in [-0.3, -0.25) is 0 Å². The summed E-state index contributed by atoms with van der Waals surface area (Å²) in [5.74, 6) is 1.28. The van der Waals surface area contributed by atoms with E-state index in [9.17, 15) is 0 Å². The molecular weight excluding hydrogens is 597 g/mol. The number of rotatable bonds is 6. The van der Waals surface area contributed by atoms with Gasteiger partial charge < -0.3 is 4.57 Å². The van der Waals surface area contributed by atoms with Gasteiger partial charge in [-0.2, -0.15) is 0 Å². The van der Waals surface area contributed by atoms with Crippen molar-refractivity contribution in [3.8, 4) is 61.8 Å². The molecule has 0 aliphatic rings. The summed E-state index contributed by atoms with van der Waals surface area (Å²) in [5.41, 5.74) is 12.4. The number of hydrogen-bond acceptors (Lipinski definition) is 3. The van der Waals surface area contributed by atoms with Gasteiger partial charge in [-0.15, -0.1) is 0 Å². The van der Waals surface area contributed by atoms with E-state index in [4.69, 9.17) is 4.98 Å². The van der Waals surface area contributed by atoms with Crippen molar-refractivity contribution in [3.63, 3.8) is 0 Å². The van der Waals surface area contributed by atoms with E-state index in [-0.39, 0.29) is 0 Å². The van der Waals surface area contributed by atoms with Gasteiger partial charge in [0, 0.05) is 27.6 Å². The van der Waals surface area contributed by atoms with Gasteiger partial charge in [0.1, 0.15) is 6.33 Å². The number of benzene rings is 7. The number of aromatic nitrogens is 4. The van der Waals surface area contributed by atoms with E-state index in [0.29, 0.717) is 11.6 Å². The minimum Gasteiger partial charge on any atom is -0.309 e. The molecule has 0 saturated carbocycles. The summed E-state index contributed by atoms with van der Waals surface area (Å²) < 4.78 is 2.31. The molecule has 2 aromatic heterocycles. The number of para-hydroxylation sites is 2. The number of fused-ring (bicyclic) bond motifs is 3. The Bertz CT molecular complexity index is 2550. The molecule has 0 atom stereocenters. The highest BCUT2D eigenvalue weighted by Crippen LogP contribution is 2.34. The maximum Gasteiger partial charge on any atom is 0.163 e. The fourth-order valence-corrected chi connectivity index (χ4v) is 6.76. The first-order valence-corrected chi connectivity index (χ1v) is 16.4. The first-order valence-electron chi connectivity index (χ1n) is 16.4. The Morgan fingerprint density at radius 1 is 0.327 bits per heavy atom. The van der Waals surface area contributed by atoms with Crippen LogP contribution in [0.3, 0.4) is 0 Å². The van der Waals surface area contributed by atoms with Crippen molar-refractivity contribution in [3.05, 3.63) is 182 Å². The molecule has 2 heterocycles. The second-order valence-electron chi connectivity index (χ2n) is 12.2. The molecule has 0 N–H and O–H groups in total. The van der Waals surface area contributed by atoms with Crippen LogP contribution in [0, 0.1) is 0 Å². The summed E-state index contributed by atoms with van der Waals surface area (Å²) in [5, 5.41) is 2.47. The highest BCUT2D eigenvalue weighted by atomic mass is 15.0. The quantitative estimate of drug-likeness (QED) is 0.184. The van der Waals surface area contributed by atoms with Gasteiger partial charge in [0.05, 0.1) is 11.0 Å². The van der Waals surface area contributed by atoms with Gasteiger partial charge >= 0.3 is 0 Å². The highest BCUT2D eigenvalue weighted by Gasteiger charge is 2.13. The number of hydrogen-bond donors (Lipinski definition) is 0. The standard InChI is InChI=1S/C45H30N4/c1-2-11-31(12-3-1)34-13-8-15-36(27-34)37-16-9-14-35(28-37)32-23-25-33(26-24-32)44-46-30-47-45(48-44)38-17-10-18-39(29-38)49-42-21-6-4-19-40(42)41-20-5-7-22-43(41)49/h1-30H. The zero-order valence-electron chi connectivity index (χ0n) is 26.6. The summed E-state index contributed by atoms with van der Waals surface area (Å²) in [6, 6.07) is 61.9. The lowest BCUT2D eigenvalue weighted by molar-refractivity contribution is 1.06. The van der Waals surface area contributed by atoms with Crippen LogP contribution in [0.2, 0.25) is 0 Å². The summed E-state index contributed by atoms with van der Waals surface area (Å²) in [6.45, 7) is 0. The molecule has 9 rings (SSSR count). The van der Waals surface area contributed by atoms with Crippen LogP contribution in [0.15, 0.2) is 182 Å². The van der Waals surface area contributed by atoms with Crippen LogP contribution in [-0.4, -0.2) is 19.5 Å². The van der Waals surface area contributed by atoms with Crippen molar-refractivity contribution >= 4 is 21.8 Å². The van der Waals surface area contributed by atoms with E-state index in [0.717, 1.165) is 27.9 Å². The Balaban J connectivity index is 1.01. The normalized spacial score (nSPS) is 11.3. The third-order valence-corrected chi connectivity index (χ3v) is 9.16. The molecule has 0 saturated heterocycles. The molecule has 4 nitrogen and oxygen atoms in total. The summed E-state index contributed by atoms with van der Waals surface area (Å²) in [7, 11) is 0. The van der Waals surface area contributed by atoms with Crippen molar-refractivity contribution in [2.75, 3.05) is 0 Å². The van der Waals surface area contributed by atoms with Crippen LogP contribution in [0.25, 0.3) is 83.6 Å². The van der Waals surface area contributed by atoms with E-state index in [1.807, 2.05) is 0 Å². The van der Waals surface area contributed by atoms with Crippen LogP contribution < -0.4 is 0 Å². The largest absolute Gasteiger partial charge is 0.309 e. The van der Waals surface area contributed by atoms with Crippen molar-refractivity contribution < 1.29 is 0 Å². The topological polar surface area (TPSA) is 43.6 Å². The zero-order chi connectivity index (χ0) is 32.6. The molecule has 0 radical (unpaired) electrons. The molecule has 7 aromatic carbocycles. The second-order valence-corrected chi connectivity index (χ2v) is 12.2. The Hall–Kier alpha value is -6.65. The molecule has 0 fully saturated rings. The van der Waals surface area contributed by atoms with Gasteiger partial charge in [0.2, 0.25) is 0 Å². The molecule has 4 heteroatoms. The van der Waals surface area contributed by atoms with Crippen LogP contribution in [-0.2, 0) is 0 Å². The SMILES string of the molecule is c1ccc(-c2cccc(-c3cccc(-c4ccc(-c5ncnc(-c6cccc(-n7c8ccccc8c8ccccc87)c6)n5)cc4)c3)c2)cc1. The first kappa shape index (κ1) is 28.6. The molecule has 0 spiro atoms. The first-order chi connectivity index (χ1) is 24.3. The second kappa shape index (κ2) is 12.2. The molecule has 0 bridgehead atoms.